The Morgan fingerprint density at radius 3 is 2.56 bits per heavy atom. The Hall–Kier alpha value is -0.960. The fourth-order valence-electron chi connectivity index (χ4n) is 1.67. The smallest absolute Gasteiger partial charge is 0.244 e. The molecule has 0 saturated carbocycles. The van der Waals surface area contributed by atoms with Crippen LogP contribution in [0.15, 0.2) is 4.90 Å². The van der Waals surface area contributed by atoms with Gasteiger partial charge in [0, 0.05) is 20.7 Å². The third-order valence-corrected chi connectivity index (χ3v) is 4.25. The molecule has 1 atom stereocenters. The summed E-state index contributed by atoms with van der Waals surface area (Å²) in [5, 5.41) is 13.5. The molecule has 1 rings (SSSR count). The van der Waals surface area contributed by atoms with Crippen LogP contribution in [0.4, 0.5) is 0 Å². The normalized spacial score (nSPS) is 13.8. The molecule has 0 saturated heterocycles. The number of ether oxygens (including phenoxy) is 1. The molecule has 0 bridgehead atoms. The Morgan fingerprint density at radius 1 is 1.50 bits per heavy atom. The minimum absolute atomic E-state index is 0.0769. The second-order valence-corrected chi connectivity index (χ2v) is 5.79. The zero-order valence-electron chi connectivity index (χ0n) is 11.0. The maximum Gasteiger partial charge on any atom is 0.244 e. The molecular weight excluding hydrogens is 258 g/mol. The summed E-state index contributed by atoms with van der Waals surface area (Å²) >= 11 is 0. The molecule has 0 radical (unpaired) electrons. The number of hydrogen-bond acceptors (Lipinski definition) is 5. The van der Waals surface area contributed by atoms with Crippen molar-refractivity contribution in [1.29, 1.82) is 0 Å². The lowest BCUT2D eigenvalue weighted by Crippen LogP contribution is -2.34. The summed E-state index contributed by atoms with van der Waals surface area (Å²) in [5.41, 5.74) is 0.991. The van der Waals surface area contributed by atoms with Gasteiger partial charge >= 0.3 is 0 Å². The lowest BCUT2D eigenvalue weighted by atomic mass is 10.4. The highest BCUT2D eigenvalue weighted by Gasteiger charge is 2.24. The van der Waals surface area contributed by atoms with E-state index in [1.807, 2.05) is 0 Å². The summed E-state index contributed by atoms with van der Waals surface area (Å²) in [7, 11) is -0.544. The molecular formula is C10H19N3O4S. The first-order valence-corrected chi connectivity index (χ1v) is 6.94. The van der Waals surface area contributed by atoms with E-state index in [9.17, 15) is 13.5 Å². The SMILES string of the molecule is COCC(O)CNS(=O)(=O)c1c(C)nn(C)c1C. The van der Waals surface area contributed by atoms with Gasteiger partial charge in [0.05, 0.1) is 24.1 Å². The minimum atomic E-state index is -3.66. The van der Waals surface area contributed by atoms with Crippen molar-refractivity contribution in [3.05, 3.63) is 11.4 Å². The number of sulfonamides is 1. The van der Waals surface area contributed by atoms with E-state index in [2.05, 4.69) is 9.82 Å². The Bertz CT molecular complexity index is 509. The van der Waals surface area contributed by atoms with Crippen LogP contribution in [0.2, 0.25) is 0 Å². The molecule has 1 unspecified atom stereocenters. The predicted octanol–water partition coefficient (Wildman–Crippen LogP) is -0.677. The molecule has 1 aromatic rings. The van der Waals surface area contributed by atoms with E-state index >= 15 is 0 Å². The molecule has 1 heterocycles. The summed E-state index contributed by atoms with van der Waals surface area (Å²) in [4.78, 5) is 0.162. The molecule has 0 amide bonds. The van der Waals surface area contributed by atoms with Gasteiger partial charge in [-0.05, 0) is 13.8 Å². The van der Waals surface area contributed by atoms with Crippen LogP contribution in [0, 0.1) is 13.8 Å². The van der Waals surface area contributed by atoms with E-state index in [1.54, 1.807) is 20.9 Å². The maximum absolute atomic E-state index is 12.1. The lowest BCUT2D eigenvalue weighted by molar-refractivity contribution is 0.0679. The van der Waals surface area contributed by atoms with Gasteiger partial charge in [0.1, 0.15) is 4.90 Å². The van der Waals surface area contributed by atoms with Gasteiger partial charge in [-0.1, -0.05) is 0 Å². The standard InChI is InChI=1S/C10H19N3O4S/c1-7-10(8(2)13(3)12-7)18(15,16)11-5-9(14)6-17-4/h9,11,14H,5-6H2,1-4H3. The topological polar surface area (TPSA) is 93.4 Å². The molecule has 0 aromatic carbocycles. The molecule has 0 aliphatic heterocycles. The van der Waals surface area contributed by atoms with Gasteiger partial charge < -0.3 is 9.84 Å². The molecule has 7 nitrogen and oxygen atoms in total. The molecule has 2 N–H and O–H groups in total. The van der Waals surface area contributed by atoms with Crippen molar-refractivity contribution in [3.8, 4) is 0 Å². The fraction of sp³-hybridized carbons (Fsp3) is 0.700. The van der Waals surface area contributed by atoms with Crippen molar-refractivity contribution in [1.82, 2.24) is 14.5 Å². The first-order valence-electron chi connectivity index (χ1n) is 5.46. The molecule has 18 heavy (non-hydrogen) atoms. The number of nitrogens with one attached hydrogen (secondary N) is 1. The predicted molar refractivity (Wildman–Crippen MR) is 65.8 cm³/mol. The average molecular weight is 277 g/mol. The minimum Gasteiger partial charge on any atom is -0.389 e. The van der Waals surface area contributed by atoms with Crippen LogP contribution in [-0.2, 0) is 21.8 Å². The first-order chi connectivity index (χ1) is 8.29. The number of aliphatic hydroxyl groups is 1. The van der Waals surface area contributed by atoms with Crippen molar-refractivity contribution >= 4 is 10.0 Å². The summed E-state index contributed by atoms with van der Waals surface area (Å²) in [5.74, 6) is 0. The summed E-state index contributed by atoms with van der Waals surface area (Å²) in [6.07, 6.45) is -0.873. The number of hydrogen-bond donors (Lipinski definition) is 2. The molecule has 0 aliphatic rings. The maximum atomic E-state index is 12.1. The van der Waals surface area contributed by atoms with Gasteiger partial charge in [0.2, 0.25) is 10.0 Å². The van der Waals surface area contributed by atoms with Crippen LogP contribution >= 0.6 is 0 Å². The average Bonchev–Trinajstić information content (AvgIpc) is 2.51. The highest BCUT2D eigenvalue weighted by molar-refractivity contribution is 7.89. The lowest BCUT2D eigenvalue weighted by Gasteiger charge is -2.11. The van der Waals surface area contributed by atoms with Gasteiger partial charge in [-0.3, -0.25) is 4.68 Å². The number of methoxy groups -OCH3 is 1. The summed E-state index contributed by atoms with van der Waals surface area (Å²) in [6, 6.07) is 0. The zero-order chi connectivity index (χ0) is 13.9. The highest BCUT2D eigenvalue weighted by atomic mass is 32.2. The zero-order valence-corrected chi connectivity index (χ0v) is 11.8. The monoisotopic (exact) mass is 277 g/mol. The second-order valence-electron chi connectivity index (χ2n) is 4.08. The van der Waals surface area contributed by atoms with Gasteiger partial charge in [-0.15, -0.1) is 0 Å². The van der Waals surface area contributed by atoms with Crippen LogP contribution in [0.1, 0.15) is 11.4 Å². The van der Waals surface area contributed by atoms with Crippen LogP contribution < -0.4 is 4.72 Å². The van der Waals surface area contributed by atoms with Crippen molar-refractivity contribution < 1.29 is 18.3 Å². The van der Waals surface area contributed by atoms with Crippen molar-refractivity contribution in [3.63, 3.8) is 0 Å². The number of aromatic nitrogens is 2. The van der Waals surface area contributed by atoms with Crippen LogP contribution in [0.25, 0.3) is 0 Å². The number of rotatable bonds is 6. The van der Waals surface area contributed by atoms with Crippen LogP contribution in [-0.4, -0.2) is 49.7 Å². The van der Waals surface area contributed by atoms with Crippen molar-refractivity contribution in [2.75, 3.05) is 20.3 Å². The first kappa shape index (κ1) is 15.1. The number of nitrogens with zero attached hydrogens (tertiary/aromatic N) is 2. The molecule has 0 aliphatic carbocycles. The Kier molecular flexibility index (Phi) is 4.85. The van der Waals surface area contributed by atoms with Gasteiger partial charge in [0.15, 0.2) is 0 Å². The third-order valence-electron chi connectivity index (χ3n) is 2.58. The van der Waals surface area contributed by atoms with Gasteiger partial charge in [0.25, 0.3) is 0 Å². The van der Waals surface area contributed by atoms with E-state index in [0.717, 1.165) is 0 Å². The van der Waals surface area contributed by atoms with Crippen LogP contribution in [0.5, 0.6) is 0 Å². The molecule has 1 aromatic heterocycles. The summed E-state index contributed by atoms with van der Waals surface area (Å²) < 4.78 is 32.7. The Balaban J connectivity index is 2.87. The molecule has 104 valence electrons. The van der Waals surface area contributed by atoms with E-state index in [0.29, 0.717) is 11.4 Å². The third kappa shape index (κ3) is 3.29. The van der Waals surface area contributed by atoms with E-state index < -0.39 is 16.1 Å². The van der Waals surface area contributed by atoms with E-state index in [1.165, 1.54) is 11.8 Å². The molecule has 8 heteroatoms. The van der Waals surface area contributed by atoms with Crippen molar-refractivity contribution in [2.45, 2.75) is 24.8 Å². The van der Waals surface area contributed by atoms with Crippen LogP contribution in [0.3, 0.4) is 0 Å². The van der Waals surface area contributed by atoms with Gasteiger partial charge in [-0.2, -0.15) is 5.10 Å². The van der Waals surface area contributed by atoms with E-state index in [4.69, 9.17) is 4.74 Å². The van der Waals surface area contributed by atoms with Gasteiger partial charge in [-0.25, -0.2) is 13.1 Å². The highest BCUT2D eigenvalue weighted by Crippen LogP contribution is 2.17. The fourth-order valence-corrected chi connectivity index (χ4v) is 3.18. The second kappa shape index (κ2) is 5.79. The molecule has 0 fully saturated rings. The number of aryl methyl sites for hydroxylation is 2. The molecule has 0 spiro atoms. The Labute approximate surface area is 107 Å². The quantitative estimate of drug-likeness (QED) is 0.719. The van der Waals surface area contributed by atoms with E-state index in [-0.39, 0.29) is 18.0 Å². The Morgan fingerprint density at radius 2 is 2.11 bits per heavy atom. The largest absolute Gasteiger partial charge is 0.389 e. The summed E-state index contributed by atoms with van der Waals surface area (Å²) in [6.45, 7) is 3.30. The van der Waals surface area contributed by atoms with Crippen molar-refractivity contribution in [2.24, 2.45) is 7.05 Å². The number of aliphatic hydroxyl groups excluding tert-OH is 1.